The van der Waals surface area contributed by atoms with Crippen molar-refractivity contribution in [3.05, 3.63) is 53.7 Å². The Morgan fingerprint density at radius 3 is 2.58 bits per heavy atom. The van der Waals surface area contributed by atoms with Crippen molar-refractivity contribution in [1.29, 1.82) is 0 Å². The molecule has 94 valence electrons. The maximum atomic E-state index is 5.84. The third-order valence-corrected chi connectivity index (χ3v) is 3.52. The van der Waals surface area contributed by atoms with E-state index >= 15 is 0 Å². The van der Waals surface area contributed by atoms with E-state index in [1.807, 2.05) is 42.5 Å². The van der Waals surface area contributed by atoms with E-state index in [4.69, 9.17) is 11.6 Å². The van der Waals surface area contributed by atoms with Crippen LogP contribution in [-0.2, 0) is 0 Å². The highest BCUT2D eigenvalue weighted by molar-refractivity contribution is 7.18. The summed E-state index contributed by atoms with van der Waals surface area (Å²) < 4.78 is 0. The topological polar surface area (TPSA) is 50.7 Å². The van der Waals surface area contributed by atoms with Crippen molar-refractivity contribution in [3.8, 4) is 10.7 Å². The van der Waals surface area contributed by atoms with Crippen molar-refractivity contribution >= 4 is 33.8 Å². The second-order valence-electron chi connectivity index (χ2n) is 3.76. The fourth-order valence-corrected chi connectivity index (χ4v) is 2.39. The second-order valence-corrected chi connectivity index (χ2v) is 5.17. The zero-order valence-corrected chi connectivity index (χ0v) is 11.3. The van der Waals surface area contributed by atoms with Crippen LogP contribution in [0.3, 0.4) is 0 Å². The lowest BCUT2D eigenvalue weighted by Gasteiger charge is -2.00. The third kappa shape index (κ3) is 2.89. The molecule has 2 heterocycles. The number of halogens is 1. The maximum Gasteiger partial charge on any atom is 0.210 e. The van der Waals surface area contributed by atoms with Gasteiger partial charge >= 0.3 is 0 Å². The largest absolute Gasteiger partial charge is 0.330 e. The molecular weight excluding hydrogens is 280 g/mol. The third-order valence-electron chi connectivity index (χ3n) is 2.40. The van der Waals surface area contributed by atoms with Crippen LogP contribution in [0.1, 0.15) is 0 Å². The summed E-state index contributed by atoms with van der Waals surface area (Å²) >= 11 is 7.29. The molecule has 0 bridgehead atoms. The highest BCUT2D eigenvalue weighted by Crippen LogP contribution is 2.27. The summed E-state index contributed by atoms with van der Waals surface area (Å²) in [6.45, 7) is 0. The van der Waals surface area contributed by atoms with E-state index in [0.29, 0.717) is 5.02 Å². The lowest BCUT2D eigenvalue weighted by atomic mass is 10.3. The van der Waals surface area contributed by atoms with Crippen molar-refractivity contribution in [3.63, 3.8) is 0 Å². The molecule has 19 heavy (non-hydrogen) atoms. The van der Waals surface area contributed by atoms with Crippen LogP contribution in [0.5, 0.6) is 0 Å². The molecule has 0 saturated carbocycles. The molecule has 1 N–H and O–H groups in total. The van der Waals surface area contributed by atoms with Crippen molar-refractivity contribution in [1.82, 2.24) is 15.2 Å². The minimum Gasteiger partial charge on any atom is -0.330 e. The van der Waals surface area contributed by atoms with Crippen LogP contribution in [0.25, 0.3) is 10.7 Å². The van der Waals surface area contributed by atoms with Crippen LogP contribution in [-0.4, -0.2) is 15.2 Å². The van der Waals surface area contributed by atoms with Gasteiger partial charge in [0.1, 0.15) is 5.69 Å². The Labute approximate surface area is 119 Å². The van der Waals surface area contributed by atoms with Crippen LogP contribution in [0.4, 0.5) is 10.8 Å². The summed E-state index contributed by atoms with van der Waals surface area (Å²) in [6.07, 6.45) is 1.74. The van der Waals surface area contributed by atoms with Gasteiger partial charge in [0.2, 0.25) is 5.13 Å². The van der Waals surface area contributed by atoms with Gasteiger partial charge in [-0.05, 0) is 36.4 Å². The number of nitrogens with zero attached hydrogens (tertiary/aromatic N) is 3. The number of hydrogen-bond donors (Lipinski definition) is 1. The molecule has 0 spiro atoms. The van der Waals surface area contributed by atoms with Crippen molar-refractivity contribution < 1.29 is 0 Å². The summed E-state index contributed by atoms with van der Waals surface area (Å²) in [5.74, 6) is 0. The first kappa shape index (κ1) is 12.1. The van der Waals surface area contributed by atoms with E-state index in [2.05, 4.69) is 20.5 Å². The molecule has 0 amide bonds. The molecule has 0 unspecified atom stereocenters. The Hall–Kier alpha value is -1.98. The Balaban J connectivity index is 1.80. The van der Waals surface area contributed by atoms with Gasteiger partial charge in [-0.3, -0.25) is 4.98 Å². The molecule has 3 rings (SSSR count). The van der Waals surface area contributed by atoms with Crippen molar-refractivity contribution in [2.75, 3.05) is 5.32 Å². The van der Waals surface area contributed by atoms with Gasteiger partial charge in [0.05, 0.1) is 0 Å². The molecule has 2 aromatic heterocycles. The van der Waals surface area contributed by atoms with E-state index in [0.717, 1.165) is 21.5 Å². The fourth-order valence-electron chi connectivity index (χ4n) is 1.52. The second kappa shape index (κ2) is 5.34. The summed E-state index contributed by atoms with van der Waals surface area (Å²) in [5, 5.41) is 13.6. The van der Waals surface area contributed by atoms with Gasteiger partial charge < -0.3 is 5.32 Å². The van der Waals surface area contributed by atoms with E-state index in [-0.39, 0.29) is 0 Å². The van der Waals surface area contributed by atoms with Gasteiger partial charge in [-0.15, -0.1) is 10.2 Å². The smallest absolute Gasteiger partial charge is 0.210 e. The van der Waals surface area contributed by atoms with Crippen LogP contribution in [0.2, 0.25) is 5.02 Å². The van der Waals surface area contributed by atoms with Crippen LogP contribution in [0, 0.1) is 0 Å². The van der Waals surface area contributed by atoms with Crippen molar-refractivity contribution in [2.45, 2.75) is 0 Å². The normalized spacial score (nSPS) is 10.4. The summed E-state index contributed by atoms with van der Waals surface area (Å²) in [4.78, 5) is 4.24. The van der Waals surface area contributed by atoms with Crippen LogP contribution in [0.15, 0.2) is 48.7 Å². The molecule has 0 aliphatic carbocycles. The zero-order valence-electron chi connectivity index (χ0n) is 9.75. The Morgan fingerprint density at radius 1 is 1.00 bits per heavy atom. The maximum absolute atomic E-state index is 5.84. The quantitative estimate of drug-likeness (QED) is 0.791. The molecule has 0 fully saturated rings. The number of rotatable bonds is 3. The van der Waals surface area contributed by atoms with Gasteiger partial charge in [-0.2, -0.15) is 0 Å². The average molecular weight is 289 g/mol. The van der Waals surface area contributed by atoms with Gasteiger partial charge in [0, 0.05) is 16.9 Å². The molecule has 4 nitrogen and oxygen atoms in total. The SMILES string of the molecule is Clc1ccc(Nc2nnc(-c3ccccn3)s2)cc1. The lowest BCUT2D eigenvalue weighted by Crippen LogP contribution is -1.88. The Bertz CT molecular complexity index is 667. The fraction of sp³-hybridized carbons (Fsp3) is 0. The van der Waals surface area contributed by atoms with E-state index in [9.17, 15) is 0 Å². The molecule has 0 radical (unpaired) electrons. The highest BCUT2D eigenvalue weighted by Gasteiger charge is 2.07. The molecule has 1 aromatic carbocycles. The summed E-state index contributed by atoms with van der Waals surface area (Å²) in [7, 11) is 0. The molecule has 0 atom stereocenters. The number of benzene rings is 1. The number of anilines is 2. The summed E-state index contributed by atoms with van der Waals surface area (Å²) in [6, 6.07) is 13.1. The van der Waals surface area contributed by atoms with Gasteiger partial charge in [-0.1, -0.05) is 29.0 Å². The van der Waals surface area contributed by atoms with Crippen molar-refractivity contribution in [2.24, 2.45) is 0 Å². The molecule has 6 heteroatoms. The van der Waals surface area contributed by atoms with Gasteiger partial charge in [0.15, 0.2) is 5.01 Å². The number of pyridine rings is 1. The monoisotopic (exact) mass is 288 g/mol. The number of hydrogen-bond acceptors (Lipinski definition) is 5. The van der Waals surface area contributed by atoms with E-state index in [1.54, 1.807) is 6.20 Å². The molecule has 3 aromatic rings. The summed E-state index contributed by atoms with van der Waals surface area (Å²) in [5.41, 5.74) is 1.75. The minimum atomic E-state index is 0.706. The van der Waals surface area contributed by atoms with Crippen LogP contribution >= 0.6 is 22.9 Å². The Morgan fingerprint density at radius 2 is 1.84 bits per heavy atom. The minimum absolute atomic E-state index is 0.706. The van der Waals surface area contributed by atoms with E-state index < -0.39 is 0 Å². The van der Waals surface area contributed by atoms with E-state index in [1.165, 1.54) is 11.3 Å². The Kier molecular flexibility index (Phi) is 3.39. The predicted molar refractivity (Wildman–Crippen MR) is 77.9 cm³/mol. The first-order chi connectivity index (χ1) is 9.31. The first-order valence-electron chi connectivity index (χ1n) is 5.59. The number of nitrogens with one attached hydrogen (secondary N) is 1. The van der Waals surface area contributed by atoms with Gasteiger partial charge in [0.25, 0.3) is 0 Å². The van der Waals surface area contributed by atoms with Gasteiger partial charge in [-0.25, -0.2) is 0 Å². The predicted octanol–water partition coefficient (Wildman–Crippen LogP) is 4.00. The van der Waals surface area contributed by atoms with Crippen LogP contribution < -0.4 is 5.32 Å². The molecule has 0 aliphatic rings. The lowest BCUT2D eigenvalue weighted by molar-refractivity contribution is 1.09. The molecular formula is C13H9ClN4S. The molecule has 0 aliphatic heterocycles. The average Bonchev–Trinajstić information content (AvgIpc) is 2.91. The molecule has 0 saturated heterocycles. The standard InChI is InChI=1S/C13H9ClN4S/c14-9-4-6-10(7-5-9)16-13-18-17-12(19-13)11-3-1-2-8-15-11/h1-8H,(H,16,18). The highest BCUT2D eigenvalue weighted by atomic mass is 35.5. The number of aromatic nitrogens is 3. The first-order valence-corrected chi connectivity index (χ1v) is 6.78. The zero-order chi connectivity index (χ0) is 13.1.